The first-order valence-electron chi connectivity index (χ1n) is 9.90. The Morgan fingerprint density at radius 1 is 1.29 bits per heavy atom. The zero-order chi connectivity index (χ0) is 19.6. The van der Waals surface area contributed by atoms with Gasteiger partial charge in [-0.15, -0.1) is 5.10 Å². The van der Waals surface area contributed by atoms with Crippen LogP contribution in [0.1, 0.15) is 43.4 Å². The average molecular weight is 387 g/mol. The van der Waals surface area contributed by atoms with Crippen molar-refractivity contribution >= 4 is 11.8 Å². The van der Waals surface area contributed by atoms with Crippen molar-refractivity contribution in [2.75, 3.05) is 25.0 Å². The summed E-state index contributed by atoms with van der Waals surface area (Å²) in [6.45, 7) is 3.82. The summed E-state index contributed by atoms with van der Waals surface area (Å²) in [4.78, 5) is 14.6. The molecule has 7 nitrogen and oxygen atoms in total. The van der Waals surface area contributed by atoms with Gasteiger partial charge in [-0.05, 0) is 25.8 Å². The van der Waals surface area contributed by atoms with Crippen LogP contribution in [0.15, 0.2) is 24.3 Å². The molecule has 1 aromatic carbocycles. The SMILES string of the molecule is Cc1c(NC(=O)N2CCOC3(CCCCC3)C2)nnn1Cc1ccccc1F. The van der Waals surface area contributed by atoms with E-state index in [1.165, 1.54) is 12.5 Å². The third kappa shape index (κ3) is 3.87. The highest BCUT2D eigenvalue weighted by atomic mass is 19.1. The van der Waals surface area contributed by atoms with Crippen molar-refractivity contribution in [2.24, 2.45) is 0 Å². The van der Waals surface area contributed by atoms with Gasteiger partial charge < -0.3 is 9.64 Å². The van der Waals surface area contributed by atoms with Gasteiger partial charge in [-0.25, -0.2) is 13.9 Å². The minimum absolute atomic E-state index is 0.186. The number of urea groups is 1. The van der Waals surface area contributed by atoms with Crippen LogP contribution >= 0.6 is 0 Å². The molecule has 2 aliphatic rings. The Morgan fingerprint density at radius 2 is 2.07 bits per heavy atom. The lowest BCUT2D eigenvalue weighted by Crippen LogP contribution is -2.55. The zero-order valence-electron chi connectivity index (χ0n) is 16.2. The van der Waals surface area contributed by atoms with Crippen LogP contribution in [0.25, 0.3) is 0 Å². The molecule has 0 unspecified atom stereocenters. The van der Waals surface area contributed by atoms with Crippen LogP contribution in [0.4, 0.5) is 15.0 Å². The Labute approximate surface area is 163 Å². The van der Waals surface area contributed by atoms with E-state index in [1.807, 2.05) is 11.8 Å². The van der Waals surface area contributed by atoms with Crippen molar-refractivity contribution in [1.29, 1.82) is 0 Å². The number of carbonyl (C=O) groups is 1. The molecule has 150 valence electrons. The Kier molecular flexibility index (Phi) is 5.30. The predicted molar refractivity (Wildman–Crippen MR) is 103 cm³/mol. The number of nitrogens with zero attached hydrogens (tertiary/aromatic N) is 4. The molecule has 0 atom stereocenters. The van der Waals surface area contributed by atoms with Gasteiger partial charge in [-0.1, -0.05) is 42.7 Å². The number of nitrogens with one attached hydrogen (secondary N) is 1. The molecule has 2 fully saturated rings. The molecule has 1 saturated carbocycles. The van der Waals surface area contributed by atoms with Gasteiger partial charge in [-0.2, -0.15) is 0 Å². The average Bonchev–Trinajstić information content (AvgIpc) is 3.04. The van der Waals surface area contributed by atoms with E-state index in [1.54, 1.807) is 22.9 Å². The van der Waals surface area contributed by atoms with Gasteiger partial charge in [0.2, 0.25) is 0 Å². The number of aromatic nitrogens is 3. The smallest absolute Gasteiger partial charge is 0.323 e. The molecule has 0 radical (unpaired) electrons. The number of ether oxygens (including phenoxy) is 1. The molecule has 1 aliphatic heterocycles. The molecule has 1 N–H and O–H groups in total. The van der Waals surface area contributed by atoms with E-state index in [-0.39, 0.29) is 24.0 Å². The summed E-state index contributed by atoms with van der Waals surface area (Å²) in [5.41, 5.74) is 1.03. The number of anilines is 1. The standard InChI is InChI=1S/C20H26FN5O2/c1-15-18(23-24-26(15)13-16-7-3-4-8-17(16)21)22-19(27)25-11-12-28-20(14-25)9-5-2-6-10-20/h3-4,7-8H,2,5-6,9-14H2,1H3,(H,22,27). The molecule has 0 bridgehead atoms. The lowest BCUT2D eigenvalue weighted by molar-refractivity contribution is -0.115. The minimum Gasteiger partial charge on any atom is -0.371 e. The maximum absolute atomic E-state index is 13.9. The van der Waals surface area contributed by atoms with E-state index in [2.05, 4.69) is 15.6 Å². The minimum atomic E-state index is -0.283. The molecule has 2 amide bonds. The number of rotatable bonds is 3. The predicted octanol–water partition coefficient (Wildman–Crippen LogP) is 3.34. The van der Waals surface area contributed by atoms with Gasteiger partial charge in [0, 0.05) is 12.1 Å². The van der Waals surface area contributed by atoms with Crippen LogP contribution in [0.3, 0.4) is 0 Å². The van der Waals surface area contributed by atoms with Crippen LogP contribution in [0.5, 0.6) is 0 Å². The molecular weight excluding hydrogens is 361 g/mol. The van der Waals surface area contributed by atoms with Gasteiger partial charge in [0.05, 0.1) is 31.0 Å². The molecule has 2 heterocycles. The first-order valence-corrected chi connectivity index (χ1v) is 9.90. The largest absolute Gasteiger partial charge is 0.371 e. The van der Waals surface area contributed by atoms with Crippen LogP contribution in [-0.4, -0.2) is 51.2 Å². The van der Waals surface area contributed by atoms with Gasteiger partial charge in [0.25, 0.3) is 0 Å². The fourth-order valence-corrected chi connectivity index (χ4v) is 4.11. The van der Waals surface area contributed by atoms with E-state index in [9.17, 15) is 9.18 Å². The van der Waals surface area contributed by atoms with Crippen molar-refractivity contribution in [1.82, 2.24) is 19.9 Å². The molecule has 1 aromatic heterocycles. The molecule has 28 heavy (non-hydrogen) atoms. The van der Waals surface area contributed by atoms with E-state index in [4.69, 9.17) is 4.74 Å². The maximum atomic E-state index is 13.9. The lowest BCUT2D eigenvalue weighted by Gasteiger charge is -2.44. The highest BCUT2D eigenvalue weighted by molar-refractivity contribution is 5.88. The summed E-state index contributed by atoms with van der Waals surface area (Å²) in [5.74, 6) is 0.125. The van der Waals surface area contributed by atoms with Crippen LogP contribution in [0.2, 0.25) is 0 Å². The quantitative estimate of drug-likeness (QED) is 0.877. The first kappa shape index (κ1) is 18.9. The van der Waals surface area contributed by atoms with Gasteiger partial charge >= 0.3 is 6.03 Å². The first-order chi connectivity index (χ1) is 13.6. The maximum Gasteiger partial charge on any atom is 0.323 e. The Bertz CT molecular complexity index is 841. The van der Waals surface area contributed by atoms with Gasteiger partial charge in [0.1, 0.15) is 5.82 Å². The van der Waals surface area contributed by atoms with E-state index in [0.717, 1.165) is 25.7 Å². The highest BCUT2D eigenvalue weighted by Crippen LogP contribution is 2.34. The van der Waals surface area contributed by atoms with Crippen molar-refractivity contribution in [3.05, 3.63) is 41.3 Å². The summed E-state index contributed by atoms with van der Waals surface area (Å²) in [6.07, 6.45) is 5.56. The summed E-state index contributed by atoms with van der Waals surface area (Å²) >= 11 is 0. The zero-order valence-corrected chi connectivity index (χ0v) is 16.2. The van der Waals surface area contributed by atoms with Crippen molar-refractivity contribution < 1.29 is 13.9 Å². The number of benzene rings is 1. The van der Waals surface area contributed by atoms with Crippen LogP contribution in [-0.2, 0) is 11.3 Å². The Balaban J connectivity index is 1.42. The van der Waals surface area contributed by atoms with Gasteiger partial charge in [-0.3, -0.25) is 5.32 Å². The Morgan fingerprint density at radius 3 is 2.86 bits per heavy atom. The number of halogens is 1. The third-order valence-corrected chi connectivity index (χ3v) is 5.79. The molecule has 8 heteroatoms. The molecule has 1 saturated heterocycles. The molecule has 4 rings (SSSR count). The molecule has 1 spiro atoms. The molecule has 2 aromatic rings. The van der Waals surface area contributed by atoms with Crippen molar-refractivity contribution in [3.63, 3.8) is 0 Å². The summed E-state index contributed by atoms with van der Waals surface area (Å²) in [5, 5.41) is 11.0. The van der Waals surface area contributed by atoms with Crippen LogP contribution in [0, 0.1) is 12.7 Å². The van der Waals surface area contributed by atoms with Crippen LogP contribution < -0.4 is 5.32 Å². The summed E-state index contributed by atoms with van der Waals surface area (Å²) < 4.78 is 21.5. The lowest BCUT2D eigenvalue weighted by atomic mass is 9.83. The number of amides is 2. The highest BCUT2D eigenvalue weighted by Gasteiger charge is 2.39. The van der Waals surface area contributed by atoms with Crippen molar-refractivity contribution in [2.45, 2.75) is 51.2 Å². The van der Waals surface area contributed by atoms with E-state index in [0.29, 0.717) is 36.8 Å². The number of hydrogen-bond donors (Lipinski definition) is 1. The summed E-state index contributed by atoms with van der Waals surface area (Å²) in [6, 6.07) is 6.39. The fourth-order valence-electron chi connectivity index (χ4n) is 4.11. The number of morpholine rings is 1. The number of carbonyl (C=O) groups excluding carboxylic acids is 1. The molecular formula is C20H26FN5O2. The normalized spacial score (nSPS) is 19.0. The molecule has 1 aliphatic carbocycles. The topological polar surface area (TPSA) is 72.3 Å². The van der Waals surface area contributed by atoms with Crippen molar-refractivity contribution in [3.8, 4) is 0 Å². The fraction of sp³-hybridized carbons (Fsp3) is 0.550. The van der Waals surface area contributed by atoms with E-state index < -0.39 is 0 Å². The summed E-state index contributed by atoms with van der Waals surface area (Å²) in [7, 11) is 0. The second-order valence-corrected chi connectivity index (χ2v) is 7.72. The Hall–Kier alpha value is -2.48. The second-order valence-electron chi connectivity index (χ2n) is 7.72. The number of hydrogen-bond acceptors (Lipinski definition) is 4. The monoisotopic (exact) mass is 387 g/mol. The second kappa shape index (κ2) is 7.87. The third-order valence-electron chi connectivity index (χ3n) is 5.79. The van der Waals surface area contributed by atoms with E-state index >= 15 is 0 Å². The van der Waals surface area contributed by atoms with Gasteiger partial charge in [0.15, 0.2) is 5.82 Å².